The molecule has 0 radical (unpaired) electrons. The lowest BCUT2D eigenvalue weighted by molar-refractivity contribution is 0.520. The SMILES string of the molecule is CN(Cc1ccccc1)c1ccccc1NS(=O)(=O)c1ccc(S(=O)(=O)N(C)C)cc1. The minimum Gasteiger partial charge on any atom is -0.369 e. The van der Waals surface area contributed by atoms with E-state index in [9.17, 15) is 16.8 Å². The molecule has 0 aliphatic carbocycles. The quantitative estimate of drug-likeness (QED) is 0.558. The zero-order chi connectivity index (χ0) is 22.6. The van der Waals surface area contributed by atoms with E-state index in [0.717, 1.165) is 15.6 Å². The van der Waals surface area contributed by atoms with Crippen LogP contribution in [0.1, 0.15) is 5.56 Å². The van der Waals surface area contributed by atoms with Crippen molar-refractivity contribution in [2.75, 3.05) is 30.8 Å². The fourth-order valence-corrected chi connectivity index (χ4v) is 5.02. The first-order valence-corrected chi connectivity index (χ1v) is 12.4. The van der Waals surface area contributed by atoms with E-state index in [1.54, 1.807) is 12.1 Å². The molecule has 3 rings (SSSR count). The lowest BCUT2D eigenvalue weighted by Crippen LogP contribution is -2.22. The monoisotopic (exact) mass is 459 g/mol. The fourth-order valence-electron chi connectivity index (χ4n) is 3.04. The maximum atomic E-state index is 12.9. The second-order valence-electron chi connectivity index (χ2n) is 7.22. The number of para-hydroxylation sites is 2. The van der Waals surface area contributed by atoms with E-state index >= 15 is 0 Å². The van der Waals surface area contributed by atoms with Gasteiger partial charge in [0.05, 0.1) is 21.2 Å². The number of nitrogens with one attached hydrogen (secondary N) is 1. The van der Waals surface area contributed by atoms with Gasteiger partial charge in [0, 0.05) is 27.7 Å². The van der Waals surface area contributed by atoms with Crippen molar-refractivity contribution in [3.8, 4) is 0 Å². The third kappa shape index (κ3) is 5.25. The number of sulfonamides is 2. The van der Waals surface area contributed by atoms with Gasteiger partial charge in [-0.05, 0) is 42.0 Å². The predicted octanol–water partition coefficient (Wildman–Crippen LogP) is 3.37. The van der Waals surface area contributed by atoms with E-state index in [4.69, 9.17) is 0 Å². The molecule has 0 heterocycles. The molecule has 0 spiro atoms. The second kappa shape index (κ2) is 9.09. The van der Waals surface area contributed by atoms with Crippen LogP contribution in [0, 0.1) is 0 Å². The van der Waals surface area contributed by atoms with Crippen LogP contribution in [0.3, 0.4) is 0 Å². The molecule has 3 aromatic rings. The summed E-state index contributed by atoms with van der Waals surface area (Å²) in [5.41, 5.74) is 2.26. The van der Waals surface area contributed by atoms with Crippen molar-refractivity contribution in [3.05, 3.63) is 84.4 Å². The zero-order valence-electron chi connectivity index (χ0n) is 17.6. The summed E-state index contributed by atoms with van der Waals surface area (Å²) in [5.74, 6) is 0. The van der Waals surface area contributed by atoms with Crippen molar-refractivity contribution in [3.63, 3.8) is 0 Å². The maximum absolute atomic E-state index is 12.9. The molecular formula is C22H25N3O4S2. The van der Waals surface area contributed by atoms with Gasteiger partial charge >= 0.3 is 0 Å². The molecule has 0 saturated heterocycles. The van der Waals surface area contributed by atoms with Crippen LogP contribution in [0.15, 0.2) is 88.7 Å². The van der Waals surface area contributed by atoms with Gasteiger partial charge < -0.3 is 4.90 Å². The Labute approximate surface area is 184 Å². The highest BCUT2D eigenvalue weighted by atomic mass is 32.2. The van der Waals surface area contributed by atoms with Gasteiger partial charge in [-0.3, -0.25) is 4.72 Å². The van der Waals surface area contributed by atoms with Crippen LogP contribution >= 0.6 is 0 Å². The predicted molar refractivity (Wildman–Crippen MR) is 123 cm³/mol. The van der Waals surface area contributed by atoms with Crippen LogP contribution in [0.4, 0.5) is 11.4 Å². The number of nitrogens with zero attached hydrogens (tertiary/aromatic N) is 2. The lowest BCUT2D eigenvalue weighted by atomic mass is 10.2. The Kier molecular flexibility index (Phi) is 6.68. The summed E-state index contributed by atoms with van der Waals surface area (Å²) in [6, 6.07) is 22.2. The third-order valence-corrected chi connectivity index (χ3v) is 7.95. The Hall–Kier alpha value is -2.88. The van der Waals surface area contributed by atoms with Crippen LogP contribution in [0.2, 0.25) is 0 Å². The molecule has 0 aliphatic rings. The van der Waals surface area contributed by atoms with Crippen molar-refractivity contribution in [1.82, 2.24) is 4.31 Å². The molecule has 31 heavy (non-hydrogen) atoms. The molecule has 1 N–H and O–H groups in total. The normalized spacial score (nSPS) is 12.0. The first-order chi connectivity index (χ1) is 14.6. The lowest BCUT2D eigenvalue weighted by Gasteiger charge is -2.23. The topological polar surface area (TPSA) is 86.8 Å². The Morgan fingerprint density at radius 2 is 1.26 bits per heavy atom. The van der Waals surface area contributed by atoms with E-state index in [1.165, 1.54) is 38.4 Å². The largest absolute Gasteiger partial charge is 0.369 e. The standard InChI is InChI=1S/C22H25N3O4S2/c1-24(2)31(28,29)20-15-13-19(14-16-20)30(26,27)23-21-11-7-8-12-22(21)25(3)17-18-9-5-4-6-10-18/h4-16,23H,17H2,1-3H3. The molecule has 0 atom stereocenters. The summed E-state index contributed by atoms with van der Waals surface area (Å²) in [6.45, 7) is 0.608. The first kappa shape index (κ1) is 22.8. The average Bonchev–Trinajstić information content (AvgIpc) is 2.74. The molecule has 164 valence electrons. The highest BCUT2D eigenvalue weighted by Gasteiger charge is 2.21. The number of benzene rings is 3. The molecule has 0 bridgehead atoms. The van der Waals surface area contributed by atoms with E-state index in [0.29, 0.717) is 12.2 Å². The molecule has 3 aromatic carbocycles. The number of anilines is 2. The van der Waals surface area contributed by atoms with Gasteiger partial charge in [0.2, 0.25) is 10.0 Å². The van der Waals surface area contributed by atoms with Gasteiger partial charge in [-0.15, -0.1) is 0 Å². The first-order valence-electron chi connectivity index (χ1n) is 9.51. The van der Waals surface area contributed by atoms with Crippen molar-refractivity contribution in [2.24, 2.45) is 0 Å². The van der Waals surface area contributed by atoms with Gasteiger partial charge in [0.25, 0.3) is 10.0 Å². The Balaban J connectivity index is 1.85. The van der Waals surface area contributed by atoms with Gasteiger partial charge in [-0.2, -0.15) is 0 Å². The van der Waals surface area contributed by atoms with Gasteiger partial charge in [-0.1, -0.05) is 42.5 Å². The average molecular weight is 460 g/mol. The minimum atomic E-state index is -3.91. The Bertz CT molecular complexity index is 1240. The zero-order valence-corrected chi connectivity index (χ0v) is 19.2. The summed E-state index contributed by atoms with van der Waals surface area (Å²) in [4.78, 5) is 1.96. The van der Waals surface area contributed by atoms with Crippen molar-refractivity contribution >= 4 is 31.4 Å². The van der Waals surface area contributed by atoms with Crippen LogP contribution in [0.5, 0.6) is 0 Å². The van der Waals surface area contributed by atoms with Gasteiger partial charge in [-0.25, -0.2) is 21.1 Å². The van der Waals surface area contributed by atoms with Crippen LogP contribution < -0.4 is 9.62 Å². The molecular weight excluding hydrogens is 434 g/mol. The highest BCUT2D eigenvalue weighted by Crippen LogP contribution is 2.28. The van der Waals surface area contributed by atoms with Gasteiger partial charge in [0.15, 0.2) is 0 Å². The molecule has 0 unspecified atom stereocenters. The van der Waals surface area contributed by atoms with Crippen LogP contribution in [0.25, 0.3) is 0 Å². The molecule has 0 amide bonds. The van der Waals surface area contributed by atoms with Crippen molar-refractivity contribution < 1.29 is 16.8 Å². The van der Waals surface area contributed by atoms with E-state index in [1.807, 2.05) is 54.4 Å². The van der Waals surface area contributed by atoms with Gasteiger partial charge in [0.1, 0.15) is 0 Å². The third-order valence-electron chi connectivity index (χ3n) is 4.73. The number of hydrogen-bond acceptors (Lipinski definition) is 5. The summed E-state index contributed by atoms with van der Waals surface area (Å²) < 4.78 is 54.0. The van der Waals surface area contributed by atoms with Crippen molar-refractivity contribution in [2.45, 2.75) is 16.3 Å². The summed E-state index contributed by atoms with van der Waals surface area (Å²) >= 11 is 0. The smallest absolute Gasteiger partial charge is 0.261 e. The van der Waals surface area contributed by atoms with E-state index in [2.05, 4.69) is 4.72 Å². The van der Waals surface area contributed by atoms with Crippen LogP contribution in [-0.2, 0) is 26.6 Å². The molecule has 0 saturated carbocycles. The highest BCUT2D eigenvalue weighted by molar-refractivity contribution is 7.92. The summed E-state index contributed by atoms with van der Waals surface area (Å²) in [6.07, 6.45) is 0. The molecule has 0 aromatic heterocycles. The molecule has 9 heteroatoms. The molecule has 0 aliphatic heterocycles. The van der Waals surface area contributed by atoms with Crippen molar-refractivity contribution in [1.29, 1.82) is 0 Å². The van der Waals surface area contributed by atoms with Crippen LogP contribution in [-0.4, -0.2) is 42.3 Å². The maximum Gasteiger partial charge on any atom is 0.261 e. The summed E-state index contributed by atoms with van der Waals surface area (Å²) in [7, 11) is -2.81. The molecule has 0 fully saturated rings. The van der Waals surface area contributed by atoms with E-state index < -0.39 is 20.0 Å². The molecule has 7 nitrogen and oxygen atoms in total. The minimum absolute atomic E-state index is 0.0225. The Morgan fingerprint density at radius 3 is 1.87 bits per heavy atom. The number of rotatable bonds is 8. The number of hydrogen-bond donors (Lipinski definition) is 1. The van der Waals surface area contributed by atoms with E-state index in [-0.39, 0.29) is 9.79 Å². The summed E-state index contributed by atoms with van der Waals surface area (Å²) in [5, 5.41) is 0. The fraction of sp³-hybridized carbons (Fsp3) is 0.182. The Morgan fingerprint density at radius 1 is 0.710 bits per heavy atom. The second-order valence-corrected chi connectivity index (χ2v) is 11.1.